The molecule has 0 aliphatic heterocycles. The lowest BCUT2D eigenvalue weighted by Crippen LogP contribution is -1.87. The first kappa shape index (κ1) is 13.4. The van der Waals surface area contributed by atoms with Gasteiger partial charge in [0.05, 0.1) is 12.0 Å². The average Bonchev–Trinajstić information content (AvgIpc) is 2.33. The van der Waals surface area contributed by atoms with Crippen LogP contribution in [0.5, 0.6) is 0 Å². The van der Waals surface area contributed by atoms with E-state index in [-0.39, 0.29) is 0 Å². The molecule has 15 heavy (non-hydrogen) atoms. The first-order valence-corrected chi connectivity index (χ1v) is 5.21. The molecule has 0 saturated heterocycles. The first-order valence-electron chi connectivity index (χ1n) is 5.21. The zero-order valence-electron chi connectivity index (χ0n) is 9.64. The molecule has 0 aliphatic rings. The number of rotatable bonds is 3. The van der Waals surface area contributed by atoms with Gasteiger partial charge in [-0.25, -0.2) is 9.98 Å². The third kappa shape index (κ3) is 5.62. The van der Waals surface area contributed by atoms with Gasteiger partial charge in [-0.15, -0.1) is 0 Å². The van der Waals surface area contributed by atoms with Gasteiger partial charge in [-0.3, -0.25) is 0 Å². The third-order valence-electron chi connectivity index (χ3n) is 1.70. The predicted octanol–water partition coefficient (Wildman–Crippen LogP) is 2.92. The molecule has 0 fully saturated rings. The van der Waals surface area contributed by atoms with Gasteiger partial charge in [0, 0.05) is 0 Å². The maximum Gasteiger partial charge on any atom is 0.117 e. The molecule has 0 aliphatic carbocycles. The third-order valence-corrected chi connectivity index (χ3v) is 1.70. The van der Waals surface area contributed by atoms with Gasteiger partial charge in [-0.2, -0.15) is 0 Å². The molecule has 0 aromatic heterocycles. The van der Waals surface area contributed by atoms with Gasteiger partial charge >= 0.3 is 0 Å². The Bertz CT molecular complexity index is 299. The molecule has 3 nitrogen and oxygen atoms in total. The van der Waals surface area contributed by atoms with Crippen molar-refractivity contribution >= 4 is 18.4 Å². The fourth-order valence-electron chi connectivity index (χ4n) is 0.956. The van der Waals surface area contributed by atoms with Crippen LogP contribution in [0, 0.1) is 0 Å². The number of nitrogens with two attached hydrogens (primary N) is 1. The van der Waals surface area contributed by atoms with Gasteiger partial charge in [0.2, 0.25) is 0 Å². The maximum atomic E-state index is 5.06. The fraction of sp³-hybridized carbons (Fsp3) is 0.333. The molecule has 3 heteroatoms. The van der Waals surface area contributed by atoms with Gasteiger partial charge in [-0.05, 0) is 24.1 Å². The van der Waals surface area contributed by atoms with E-state index in [9.17, 15) is 0 Å². The van der Waals surface area contributed by atoms with Gasteiger partial charge in [0.25, 0.3) is 0 Å². The molecule has 0 saturated carbocycles. The molecule has 1 rings (SSSR count). The minimum atomic E-state index is 0.891. The molecular weight excluding hydrogens is 186 g/mol. The smallest absolute Gasteiger partial charge is 0.117 e. The highest BCUT2D eigenvalue weighted by Crippen LogP contribution is 2.12. The van der Waals surface area contributed by atoms with Gasteiger partial charge in [-0.1, -0.05) is 32.9 Å². The van der Waals surface area contributed by atoms with E-state index in [1.165, 1.54) is 18.2 Å². The summed E-state index contributed by atoms with van der Waals surface area (Å²) in [6.45, 7) is 6.12. The number of nitrogens with zero attached hydrogens (tertiary/aromatic N) is 2. The lowest BCUT2D eigenvalue weighted by atomic mass is 10.2. The minimum Gasteiger partial charge on any atom is -0.390 e. The van der Waals surface area contributed by atoms with E-state index in [1.807, 2.05) is 26.0 Å². The van der Waals surface area contributed by atoms with E-state index in [4.69, 9.17) is 5.73 Å². The second-order valence-electron chi connectivity index (χ2n) is 2.56. The van der Waals surface area contributed by atoms with E-state index >= 15 is 0 Å². The van der Waals surface area contributed by atoms with Crippen LogP contribution in [-0.2, 0) is 6.42 Å². The summed E-state index contributed by atoms with van der Waals surface area (Å²) in [5, 5.41) is 0. The fourth-order valence-corrected chi connectivity index (χ4v) is 0.956. The van der Waals surface area contributed by atoms with E-state index in [1.54, 1.807) is 0 Å². The Morgan fingerprint density at radius 2 is 1.80 bits per heavy atom. The number of aryl methyl sites for hydroxylation is 1. The standard InChI is InChI=1S/C10H13N3.C2H6/c1-2-9-3-5-10(6-4-9)13-8-12-7-11;1-2/h3-8H,2H2,1H3,(H2,11,12,13);1-2H3. The predicted molar refractivity (Wildman–Crippen MR) is 68.0 cm³/mol. The van der Waals surface area contributed by atoms with Crippen molar-refractivity contribution < 1.29 is 0 Å². The van der Waals surface area contributed by atoms with Gasteiger partial charge in [0.1, 0.15) is 6.34 Å². The zero-order chi connectivity index (χ0) is 11.5. The number of aliphatic imine (C=N–C) groups is 2. The van der Waals surface area contributed by atoms with Crippen LogP contribution in [0.3, 0.4) is 0 Å². The molecule has 1 aromatic rings. The summed E-state index contributed by atoms with van der Waals surface area (Å²) in [4.78, 5) is 7.74. The molecule has 0 amide bonds. The molecule has 82 valence electrons. The lowest BCUT2D eigenvalue weighted by molar-refractivity contribution is 1.14. The van der Waals surface area contributed by atoms with Crippen molar-refractivity contribution in [3.8, 4) is 0 Å². The molecule has 0 radical (unpaired) electrons. The Hall–Kier alpha value is -1.64. The van der Waals surface area contributed by atoms with Crippen LogP contribution in [0.2, 0.25) is 0 Å². The van der Waals surface area contributed by atoms with Crippen molar-refractivity contribution in [2.24, 2.45) is 15.7 Å². The SMILES string of the molecule is CC.CCc1ccc(N=CN=CN)cc1. The van der Waals surface area contributed by atoms with Gasteiger partial charge in [0.15, 0.2) is 0 Å². The number of hydrogen-bond donors (Lipinski definition) is 1. The molecular formula is C12H19N3. The minimum absolute atomic E-state index is 0.891. The van der Waals surface area contributed by atoms with Crippen molar-refractivity contribution in [3.63, 3.8) is 0 Å². The molecule has 2 N–H and O–H groups in total. The Morgan fingerprint density at radius 3 is 2.27 bits per heavy atom. The summed E-state index contributed by atoms with van der Waals surface area (Å²) in [7, 11) is 0. The summed E-state index contributed by atoms with van der Waals surface area (Å²) in [6.07, 6.45) is 3.69. The van der Waals surface area contributed by atoms with Crippen molar-refractivity contribution in [2.75, 3.05) is 0 Å². The Labute approximate surface area is 91.8 Å². The van der Waals surface area contributed by atoms with Crippen LogP contribution in [0.15, 0.2) is 34.3 Å². The second kappa shape index (κ2) is 8.94. The summed E-state index contributed by atoms with van der Waals surface area (Å²) in [5.74, 6) is 0. The maximum absolute atomic E-state index is 5.06. The van der Waals surface area contributed by atoms with Crippen LogP contribution in [-0.4, -0.2) is 12.7 Å². The second-order valence-corrected chi connectivity index (χ2v) is 2.56. The number of benzene rings is 1. The monoisotopic (exact) mass is 205 g/mol. The van der Waals surface area contributed by atoms with Crippen molar-refractivity contribution in [3.05, 3.63) is 29.8 Å². The van der Waals surface area contributed by atoms with Crippen LogP contribution < -0.4 is 5.73 Å². The molecule has 0 bridgehead atoms. The molecule has 1 aromatic carbocycles. The summed E-state index contributed by atoms with van der Waals surface area (Å²) in [6, 6.07) is 8.03. The van der Waals surface area contributed by atoms with Crippen LogP contribution in [0.4, 0.5) is 5.69 Å². The summed E-state index contributed by atoms with van der Waals surface area (Å²) >= 11 is 0. The lowest BCUT2D eigenvalue weighted by Gasteiger charge is -1.95. The van der Waals surface area contributed by atoms with E-state index < -0.39 is 0 Å². The van der Waals surface area contributed by atoms with Crippen molar-refractivity contribution in [1.82, 2.24) is 0 Å². The highest BCUT2D eigenvalue weighted by Gasteiger charge is 1.88. The Morgan fingerprint density at radius 1 is 1.20 bits per heavy atom. The number of hydrogen-bond acceptors (Lipinski definition) is 1. The van der Waals surface area contributed by atoms with Crippen molar-refractivity contribution in [1.29, 1.82) is 0 Å². The topological polar surface area (TPSA) is 50.7 Å². The molecule has 0 heterocycles. The zero-order valence-corrected chi connectivity index (χ0v) is 9.64. The highest BCUT2D eigenvalue weighted by molar-refractivity contribution is 5.72. The molecule has 0 unspecified atom stereocenters. The normalized spacial score (nSPS) is 10.3. The van der Waals surface area contributed by atoms with Gasteiger partial charge < -0.3 is 5.73 Å². The quantitative estimate of drug-likeness (QED) is 0.598. The Balaban J connectivity index is 0.000000921. The van der Waals surface area contributed by atoms with E-state index in [0.717, 1.165) is 12.1 Å². The Kier molecular flexibility index (Phi) is 7.96. The van der Waals surface area contributed by atoms with Crippen LogP contribution in [0.25, 0.3) is 0 Å². The molecule has 0 spiro atoms. The highest BCUT2D eigenvalue weighted by atomic mass is 14.9. The first-order chi connectivity index (χ1) is 7.36. The van der Waals surface area contributed by atoms with Crippen molar-refractivity contribution in [2.45, 2.75) is 27.2 Å². The largest absolute Gasteiger partial charge is 0.390 e. The average molecular weight is 205 g/mol. The summed E-state index contributed by atoms with van der Waals surface area (Å²) in [5.41, 5.74) is 7.25. The van der Waals surface area contributed by atoms with Crippen LogP contribution in [0.1, 0.15) is 26.3 Å². The van der Waals surface area contributed by atoms with E-state index in [2.05, 4.69) is 29.0 Å². The summed E-state index contributed by atoms with van der Waals surface area (Å²) < 4.78 is 0. The molecule has 0 atom stereocenters. The van der Waals surface area contributed by atoms with E-state index in [0.29, 0.717) is 0 Å². The van der Waals surface area contributed by atoms with Crippen LogP contribution >= 0.6 is 0 Å².